The molecule has 4 rings (SSSR count). The molecule has 0 aliphatic heterocycles. The van der Waals surface area contributed by atoms with E-state index in [1.165, 1.54) is 5.56 Å². The van der Waals surface area contributed by atoms with Gasteiger partial charge in [-0.1, -0.05) is 77.8 Å². The zero-order valence-corrected chi connectivity index (χ0v) is 17.3. The van der Waals surface area contributed by atoms with E-state index < -0.39 is 12.1 Å². The third-order valence-electron chi connectivity index (χ3n) is 4.23. The first-order chi connectivity index (χ1) is 14.6. The SMILES string of the molecule is Clc1ccc(-c2cccc3cn(Cc4ccccc4)nc23)c(Cl)c1.O=C(O)C(F)(F)F. The Kier molecular flexibility index (Phi) is 6.87. The van der Waals surface area contributed by atoms with Gasteiger partial charge in [0.25, 0.3) is 0 Å². The molecule has 4 aromatic rings. The summed E-state index contributed by atoms with van der Waals surface area (Å²) in [6.07, 6.45) is -3.02. The van der Waals surface area contributed by atoms with Crippen LogP contribution in [-0.2, 0) is 11.3 Å². The molecule has 0 amide bonds. The lowest BCUT2D eigenvalue weighted by Gasteiger charge is -2.06. The number of halogens is 5. The van der Waals surface area contributed by atoms with Crippen LogP contribution in [0.2, 0.25) is 10.0 Å². The second-order valence-electron chi connectivity index (χ2n) is 6.48. The highest BCUT2D eigenvalue weighted by molar-refractivity contribution is 6.36. The van der Waals surface area contributed by atoms with E-state index in [1.807, 2.05) is 47.1 Å². The summed E-state index contributed by atoms with van der Waals surface area (Å²) < 4.78 is 33.7. The summed E-state index contributed by atoms with van der Waals surface area (Å²) in [6, 6.07) is 22.0. The summed E-state index contributed by atoms with van der Waals surface area (Å²) in [7, 11) is 0. The van der Waals surface area contributed by atoms with Crippen LogP contribution in [0.1, 0.15) is 5.56 Å². The molecule has 9 heteroatoms. The summed E-state index contributed by atoms with van der Waals surface area (Å²) in [5, 5.41) is 14.3. The number of fused-ring (bicyclic) bond motifs is 1. The molecule has 1 N–H and O–H groups in total. The number of benzene rings is 3. The molecule has 0 atom stereocenters. The van der Waals surface area contributed by atoms with E-state index >= 15 is 0 Å². The minimum Gasteiger partial charge on any atom is -0.475 e. The van der Waals surface area contributed by atoms with E-state index in [2.05, 4.69) is 24.4 Å². The van der Waals surface area contributed by atoms with Crippen LogP contribution in [0.15, 0.2) is 72.9 Å². The molecular weight excluding hydrogens is 452 g/mol. The van der Waals surface area contributed by atoms with Crippen molar-refractivity contribution in [3.05, 3.63) is 88.5 Å². The summed E-state index contributed by atoms with van der Waals surface area (Å²) in [5.41, 5.74) is 4.12. The van der Waals surface area contributed by atoms with Gasteiger partial charge in [-0.25, -0.2) is 4.79 Å². The molecule has 3 aromatic carbocycles. The van der Waals surface area contributed by atoms with Crippen LogP contribution in [0.4, 0.5) is 13.2 Å². The Morgan fingerprint density at radius 1 is 0.968 bits per heavy atom. The van der Waals surface area contributed by atoms with Crippen LogP contribution in [0, 0.1) is 0 Å². The van der Waals surface area contributed by atoms with Gasteiger partial charge in [-0.3, -0.25) is 4.68 Å². The highest BCUT2D eigenvalue weighted by Gasteiger charge is 2.38. The van der Waals surface area contributed by atoms with Gasteiger partial charge >= 0.3 is 12.1 Å². The average Bonchev–Trinajstić information content (AvgIpc) is 3.11. The Labute approximate surface area is 185 Å². The van der Waals surface area contributed by atoms with Gasteiger partial charge in [0.2, 0.25) is 0 Å². The quantitative estimate of drug-likeness (QED) is 0.365. The molecule has 0 fully saturated rings. The average molecular weight is 467 g/mol. The standard InChI is InChI=1S/C20H14Cl2N2.C2HF3O2/c21-16-9-10-17(19(22)11-16)18-8-4-7-15-13-24(23-20(15)18)12-14-5-2-1-3-6-14;3-2(4,5)1(6)7/h1-11,13H,12H2;(H,6,7). The van der Waals surface area contributed by atoms with Gasteiger partial charge in [-0.2, -0.15) is 18.3 Å². The monoisotopic (exact) mass is 466 g/mol. The summed E-state index contributed by atoms with van der Waals surface area (Å²) in [5.74, 6) is -2.76. The van der Waals surface area contributed by atoms with Crippen molar-refractivity contribution in [2.45, 2.75) is 12.7 Å². The van der Waals surface area contributed by atoms with Crippen molar-refractivity contribution >= 4 is 40.1 Å². The fraction of sp³-hybridized carbons (Fsp3) is 0.0909. The number of carboxylic acid groups (broad SMARTS) is 1. The molecule has 0 spiro atoms. The van der Waals surface area contributed by atoms with Crippen LogP contribution in [-0.4, -0.2) is 27.0 Å². The first kappa shape index (κ1) is 22.7. The summed E-state index contributed by atoms with van der Waals surface area (Å²) in [6.45, 7) is 0.739. The highest BCUT2D eigenvalue weighted by atomic mass is 35.5. The van der Waals surface area contributed by atoms with Crippen molar-refractivity contribution in [2.75, 3.05) is 0 Å². The van der Waals surface area contributed by atoms with E-state index in [1.54, 1.807) is 6.07 Å². The normalized spacial score (nSPS) is 11.1. The molecule has 0 bridgehead atoms. The number of alkyl halides is 3. The molecule has 0 saturated heterocycles. The lowest BCUT2D eigenvalue weighted by molar-refractivity contribution is -0.192. The van der Waals surface area contributed by atoms with Crippen LogP contribution in [0.25, 0.3) is 22.0 Å². The van der Waals surface area contributed by atoms with Crippen molar-refractivity contribution in [1.29, 1.82) is 0 Å². The Morgan fingerprint density at radius 3 is 2.26 bits per heavy atom. The van der Waals surface area contributed by atoms with Gasteiger partial charge in [0, 0.05) is 32.8 Å². The molecule has 160 valence electrons. The maximum absolute atomic E-state index is 10.6. The van der Waals surface area contributed by atoms with Crippen molar-refractivity contribution in [3.63, 3.8) is 0 Å². The number of hydrogen-bond acceptors (Lipinski definition) is 2. The third-order valence-corrected chi connectivity index (χ3v) is 4.78. The zero-order valence-electron chi connectivity index (χ0n) is 15.8. The number of aliphatic carboxylic acids is 1. The van der Waals surface area contributed by atoms with E-state index in [-0.39, 0.29) is 0 Å². The number of nitrogens with zero attached hydrogens (tertiary/aromatic N) is 2. The lowest BCUT2D eigenvalue weighted by Crippen LogP contribution is -2.21. The molecule has 0 aliphatic rings. The number of aromatic nitrogens is 2. The van der Waals surface area contributed by atoms with Crippen LogP contribution < -0.4 is 0 Å². The molecule has 4 nitrogen and oxygen atoms in total. The predicted octanol–water partition coefficient (Wildman–Crippen LogP) is 6.69. The number of hydrogen-bond donors (Lipinski definition) is 1. The maximum atomic E-state index is 10.6. The van der Waals surface area contributed by atoms with Crippen LogP contribution in [0.3, 0.4) is 0 Å². The first-order valence-electron chi connectivity index (χ1n) is 8.91. The van der Waals surface area contributed by atoms with E-state index in [0.29, 0.717) is 10.0 Å². The molecular formula is C22H15Cl2F3N2O2. The minimum absolute atomic E-state index is 0.630. The van der Waals surface area contributed by atoms with Crippen molar-refractivity contribution < 1.29 is 23.1 Å². The molecule has 31 heavy (non-hydrogen) atoms. The lowest BCUT2D eigenvalue weighted by atomic mass is 10.0. The van der Waals surface area contributed by atoms with Crippen molar-refractivity contribution in [1.82, 2.24) is 9.78 Å². The molecule has 0 saturated carbocycles. The maximum Gasteiger partial charge on any atom is 0.490 e. The van der Waals surface area contributed by atoms with Gasteiger partial charge in [-0.05, 0) is 17.7 Å². The Bertz CT molecular complexity index is 1210. The Morgan fingerprint density at radius 2 is 1.65 bits per heavy atom. The van der Waals surface area contributed by atoms with E-state index in [0.717, 1.165) is 28.6 Å². The summed E-state index contributed by atoms with van der Waals surface area (Å²) >= 11 is 12.4. The largest absolute Gasteiger partial charge is 0.490 e. The number of carbonyl (C=O) groups is 1. The fourth-order valence-electron chi connectivity index (χ4n) is 2.87. The van der Waals surface area contributed by atoms with E-state index in [9.17, 15) is 13.2 Å². The smallest absolute Gasteiger partial charge is 0.475 e. The molecule has 0 radical (unpaired) electrons. The van der Waals surface area contributed by atoms with Gasteiger partial charge in [0.15, 0.2) is 0 Å². The zero-order chi connectivity index (χ0) is 22.6. The van der Waals surface area contributed by atoms with Gasteiger partial charge in [-0.15, -0.1) is 0 Å². The van der Waals surface area contributed by atoms with Gasteiger partial charge in [0.05, 0.1) is 6.54 Å². The summed E-state index contributed by atoms with van der Waals surface area (Å²) in [4.78, 5) is 8.90. The van der Waals surface area contributed by atoms with Crippen LogP contribution >= 0.6 is 23.2 Å². The molecule has 0 aliphatic carbocycles. The molecule has 0 unspecified atom stereocenters. The second kappa shape index (κ2) is 9.41. The Hall–Kier alpha value is -3.03. The molecule has 1 heterocycles. The van der Waals surface area contributed by atoms with Gasteiger partial charge in [0.1, 0.15) is 5.52 Å². The number of rotatable bonds is 3. The molecule has 1 aromatic heterocycles. The second-order valence-corrected chi connectivity index (χ2v) is 7.33. The predicted molar refractivity (Wildman–Crippen MR) is 114 cm³/mol. The van der Waals surface area contributed by atoms with Crippen molar-refractivity contribution in [2.24, 2.45) is 0 Å². The third kappa shape index (κ3) is 5.77. The number of carboxylic acids is 1. The minimum atomic E-state index is -5.08. The fourth-order valence-corrected chi connectivity index (χ4v) is 3.38. The van der Waals surface area contributed by atoms with Gasteiger partial charge < -0.3 is 5.11 Å². The Balaban J connectivity index is 0.000000339. The highest BCUT2D eigenvalue weighted by Crippen LogP contribution is 2.34. The van der Waals surface area contributed by atoms with E-state index in [4.69, 9.17) is 38.2 Å². The van der Waals surface area contributed by atoms with Crippen molar-refractivity contribution in [3.8, 4) is 11.1 Å². The first-order valence-corrected chi connectivity index (χ1v) is 9.66. The van der Waals surface area contributed by atoms with Crippen LogP contribution in [0.5, 0.6) is 0 Å². The topological polar surface area (TPSA) is 55.1 Å².